The number of rotatable bonds is 2. The van der Waals surface area contributed by atoms with Crippen LogP contribution >= 0.6 is 11.8 Å². The van der Waals surface area contributed by atoms with Crippen LogP contribution in [0.25, 0.3) is 6.08 Å². The van der Waals surface area contributed by atoms with E-state index in [1.165, 1.54) is 0 Å². The highest BCUT2D eigenvalue weighted by Crippen LogP contribution is 2.24. The van der Waals surface area contributed by atoms with E-state index in [4.69, 9.17) is 10.5 Å². The number of nitrogens with zero attached hydrogens (tertiary/aromatic N) is 4. The summed E-state index contributed by atoms with van der Waals surface area (Å²) in [5.74, 6) is 2.21. The molecular formula is C13H12N4S. The maximum atomic E-state index is 8.81. The van der Waals surface area contributed by atoms with Crippen molar-refractivity contribution in [1.82, 2.24) is 4.98 Å². The predicted molar refractivity (Wildman–Crippen MR) is 73.0 cm³/mol. The molecule has 0 aromatic carbocycles. The Labute approximate surface area is 111 Å². The summed E-state index contributed by atoms with van der Waals surface area (Å²) in [4.78, 5) is 6.34. The lowest BCUT2D eigenvalue weighted by Crippen LogP contribution is -2.32. The average molecular weight is 256 g/mol. The van der Waals surface area contributed by atoms with Gasteiger partial charge in [-0.05, 0) is 12.1 Å². The number of aromatic nitrogens is 1. The van der Waals surface area contributed by atoms with Crippen LogP contribution in [0.1, 0.15) is 5.56 Å². The second-order valence-electron chi connectivity index (χ2n) is 3.82. The predicted octanol–water partition coefficient (Wildman–Crippen LogP) is 2.07. The second-order valence-corrected chi connectivity index (χ2v) is 5.04. The van der Waals surface area contributed by atoms with Crippen molar-refractivity contribution in [2.75, 3.05) is 29.5 Å². The SMILES string of the molecule is N#CC(C#N)=Cc1cnccc1N1CCSCC1. The van der Waals surface area contributed by atoms with Crippen molar-refractivity contribution >= 4 is 23.5 Å². The zero-order valence-corrected chi connectivity index (χ0v) is 10.7. The Hall–Kier alpha value is -1.98. The first-order valence-electron chi connectivity index (χ1n) is 5.64. The summed E-state index contributed by atoms with van der Waals surface area (Å²) in [6.07, 6.45) is 5.04. The first-order chi connectivity index (χ1) is 8.85. The minimum absolute atomic E-state index is 0.107. The van der Waals surface area contributed by atoms with Crippen molar-refractivity contribution in [3.05, 3.63) is 29.6 Å². The van der Waals surface area contributed by atoms with Gasteiger partial charge in [0.15, 0.2) is 0 Å². The van der Waals surface area contributed by atoms with Gasteiger partial charge in [0.1, 0.15) is 17.7 Å². The molecule has 0 bridgehead atoms. The van der Waals surface area contributed by atoms with Crippen LogP contribution in [-0.4, -0.2) is 29.6 Å². The summed E-state index contributed by atoms with van der Waals surface area (Å²) in [6.45, 7) is 1.98. The van der Waals surface area contributed by atoms with E-state index in [9.17, 15) is 0 Å². The van der Waals surface area contributed by atoms with Gasteiger partial charge in [-0.3, -0.25) is 4.98 Å². The summed E-state index contributed by atoms with van der Waals surface area (Å²) in [5, 5.41) is 17.6. The zero-order chi connectivity index (χ0) is 12.8. The van der Waals surface area contributed by atoms with E-state index in [0.717, 1.165) is 35.8 Å². The molecular weight excluding hydrogens is 244 g/mol. The summed E-state index contributed by atoms with van der Waals surface area (Å²) in [5.41, 5.74) is 1.99. The minimum atomic E-state index is 0.107. The lowest BCUT2D eigenvalue weighted by Gasteiger charge is -2.29. The quantitative estimate of drug-likeness (QED) is 0.758. The molecule has 0 saturated carbocycles. The lowest BCUT2D eigenvalue weighted by atomic mass is 10.1. The monoisotopic (exact) mass is 256 g/mol. The van der Waals surface area contributed by atoms with Crippen LogP contribution in [0, 0.1) is 22.7 Å². The summed E-state index contributed by atoms with van der Waals surface area (Å²) >= 11 is 1.94. The van der Waals surface area contributed by atoms with Crippen LogP contribution in [0.2, 0.25) is 0 Å². The Bertz CT molecular complexity index is 517. The van der Waals surface area contributed by atoms with E-state index in [1.54, 1.807) is 18.5 Å². The fourth-order valence-corrected chi connectivity index (χ4v) is 2.75. The van der Waals surface area contributed by atoms with E-state index >= 15 is 0 Å². The average Bonchev–Trinajstić information content (AvgIpc) is 2.46. The highest BCUT2D eigenvalue weighted by Gasteiger charge is 2.14. The lowest BCUT2D eigenvalue weighted by molar-refractivity contribution is 0.856. The Morgan fingerprint density at radius 1 is 1.33 bits per heavy atom. The van der Waals surface area contributed by atoms with Crippen LogP contribution in [-0.2, 0) is 0 Å². The van der Waals surface area contributed by atoms with Crippen molar-refractivity contribution in [1.29, 1.82) is 10.5 Å². The van der Waals surface area contributed by atoms with Crippen LogP contribution < -0.4 is 4.90 Å². The molecule has 5 heteroatoms. The molecule has 0 atom stereocenters. The minimum Gasteiger partial charge on any atom is -0.369 e. The normalized spacial score (nSPS) is 14.4. The van der Waals surface area contributed by atoms with Crippen molar-refractivity contribution in [3.63, 3.8) is 0 Å². The Morgan fingerprint density at radius 3 is 2.72 bits per heavy atom. The molecule has 18 heavy (non-hydrogen) atoms. The van der Waals surface area contributed by atoms with Gasteiger partial charge in [0.2, 0.25) is 0 Å². The Kier molecular flexibility index (Phi) is 4.22. The molecule has 1 aromatic heterocycles. The smallest absolute Gasteiger partial charge is 0.130 e. The standard InChI is InChI=1S/C13H12N4S/c14-8-11(9-15)7-12-10-16-2-1-13(12)17-3-5-18-6-4-17/h1-2,7,10H,3-6H2. The molecule has 0 spiro atoms. The molecule has 1 aliphatic rings. The third-order valence-electron chi connectivity index (χ3n) is 2.72. The molecule has 2 rings (SSSR count). The molecule has 0 aliphatic carbocycles. The molecule has 0 amide bonds. The maximum absolute atomic E-state index is 8.81. The number of anilines is 1. The Morgan fingerprint density at radius 2 is 2.06 bits per heavy atom. The number of thioether (sulfide) groups is 1. The van der Waals surface area contributed by atoms with Crippen LogP contribution in [0.5, 0.6) is 0 Å². The zero-order valence-electron chi connectivity index (χ0n) is 9.83. The first kappa shape index (κ1) is 12.5. The van der Waals surface area contributed by atoms with Gasteiger partial charge in [0.25, 0.3) is 0 Å². The highest BCUT2D eigenvalue weighted by atomic mass is 32.2. The second kappa shape index (κ2) is 6.09. The summed E-state index contributed by atoms with van der Waals surface area (Å²) in [6, 6.07) is 5.70. The number of allylic oxidation sites excluding steroid dienone is 1. The van der Waals surface area contributed by atoms with E-state index in [2.05, 4.69) is 9.88 Å². The molecule has 1 fully saturated rings. The van der Waals surface area contributed by atoms with Gasteiger partial charge in [-0.15, -0.1) is 0 Å². The fraction of sp³-hybridized carbons (Fsp3) is 0.308. The number of pyridine rings is 1. The van der Waals surface area contributed by atoms with E-state index in [1.807, 2.05) is 30.0 Å². The van der Waals surface area contributed by atoms with Crippen molar-refractivity contribution < 1.29 is 0 Å². The van der Waals surface area contributed by atoms with Crippen molar-refractivity contribution in [2.24, 2.45) is 0 Å². The number of hydrogen-bond donors (Lipinski definition) is 0. The highest BCUT2D eigenvalue weighted by molar-refractivity contribution is 7.99. The molecule has 4 nitrogen and oxygen atoms in total. The van der Waals surface area contributed by atoms with Gasteiger partial charge in [0.05, 0.1) is 0 Å². The van der Waals surface area contributed by atoms with Gasteiger partial charge < -0.3 is 4.90 Å². The van der Waals surface area contributed by atoms with Gasteiger partial charge >= 0.3 is 0 Å². The number of nitriles is 2. The fourth-order valence-electron chi connectivity index (χ4n) is 1.85. The maximum Gasteiger partial charge on any atom is 0.130 e. The van der Waals surface area contributed by atoms with Gasteiger partial charge in [-0.25, -0.2) is 0 Å². The molecule has 0 N–H and O–H groups in total. The van der Waals surface area contributed by atoms with Crippen molar-refractivity contribution in [3.8, 4) is 12.1 Å². The third kappa shape index (κ3) is 2.82. The largest absolute Gasteiger partial charge is 0.369 e. The molecule has 1 saturated heterocycles. The molecule has 0 radical (unpaired) electrons. The van der Waals surface area contributed by atoms with Gasteiger partial charge in [-0.2, -0.15) is 22.3 Å². The number of hydrogen-bond acceptors (Lipinski definition) is 5. The van der Waals surface area contributed by atoms with E-state index < -0.39 is 0 Å². The molecule has 1 aromatic rings. The topological polar surface area (TPSA) is 63.7 Å². The molecule has 1 aliphatic heterocycles. The van der Waals surface area contributed by atoms with E-state index in [-0.39, 0.29) is 5.57 Å². The van der Waals surface area contributed by atoms with Crippen LogP contribution in [0.4, 0.5) is 5.69 Å². The van der Waals surface area contributed by atoms with Gasteiger partial charge in [-0.1, -0.05) is 0 Å². The van der Waals surface area contributed by atoms with Crippen molar-refractivity contribution in [2.45, 2.75) is 0 Å². The van der Waals surface area contributed by atoms with Gasteiger partial charge in [0, 0.05) is 48.2 Å². The molecule has 90 valence electrons. The Balaban J connectivity index is 2.34. The first-order valence-corrected chi connectivity index (χ1v) is 6.79. The summed E-state index contributed by atoms with van der Waals surface area (Å²) < 4.78 is 0. The van der Waals surface area contributed by atoms with Crippen LogP contribution in [0.15, 0.2) is 24.0 Å². The van der Waals surface area contributed by atoms with E-state index in [0.29, 0.717) is 0 Å². The molecule has 0 unspecified atom stereocenters. The summed E-state index contributed by atoms with van der Waals surface area (Å²) in [7, 11) is 0. The molecule has 2 heterocycles. The third-order valence-corrected chi connectivity index (χ3v) is 3.66. The van der Waals surface area contributed by atoms with Crippen LogP contribution in [0.3, 0.4) is 0 Å².